The average molecular weight is 378 g/mol. The van der Waals surface area contributed by atoms with E-state index in [1.165, 1.54) is 21.7 Å². The third kappa shape index (κ3) is 3.21. The summed E-state index contributed by atoms with van der Waals surface area (Å²) in [5, 5.41) is 4.76. The number of carbonyl (C=O) groups excluding carboxylic acids is 1. The maximum absolute atomic E-state index is 13.2. The first-order valence-corrected chi connectivity index (χ1v) is 9.99. The lowest BCUT2D eigenvalue weighted by Crippen LogP contribution is -2.24. The second-order valence-corrected chi connectivity index (χ2v) is 7.72. The van der Waals surface area contributed by atoms with Crippen molar-refractivity contribution in [3.8, 4) is 0 Å². The molecule has 29 heavy (non-hydrogen) atoms. The maximum Gasteiger partial charge on any atom is 0.167 e. The minimum atomic E-state index is -0.209. The third-order valence-corrected chi connectivity index (χ3v) is 6.03. The van der Waals surface area contributed by atoms with Gasteiger partial charge in [-0.3, -0.25) is 4.79 Å². The van der Waals surface area contributed by atoms with Crippen molar-refractivity contribution >= 4 is 27.3 Å². The molecule has 5 rings (SSSR count). The molecule has 1 aliphatic rings. The lowest BCUT2D eigenvalue weighted by atomic mass is 9.73. The van der Waals surface area contributed by atoms with Gasteiger partial charge < -0.3 is 4.74 Å². The van der Waals surface area contributed by atoms with Crippen LogP contribution in [0.3, 0.4) is 0 Å². The zero-order valence-electron chi connectivity index (χ0n) is 16.3. The zero-order valence-corrected chi connectivity index (χ0v) is 16.3. The zero-order chi connectivity index (χ0) is 19.8. The lowest BCUT2D eigenvalue weighted by molar-refractivity contribution is -0.117. The van der Waals surface area contributed by atoms with Crippen LogP contribution < -0.4 is 0 Å². The second-order valence-electron chi connectivity index (χ2n) is 7.72. The van der Waals surface area contributed by atoms with Crippen LogP contribution in [0.4, 0.5) is 0 Å². The van der Waals surface area contributed by atoms with E-state index in [0.29, 0.717) is 0 Å². The summed E-state index contributed by atoms with van der Waals surface area (Å²) in [4.78, 5) is 13.2. The topological polar surface area (TPSA) is 26.3 Å². The molecular weight excluding hydrogens is 356 g/mol. The smallest absolute Gasteiger partial charge is 0.167 e. The van der Waals surface area contributed by atoms with Gasteiger partial charge in [-0.25, -0.2) is 0 Å². The Bertz CT molecular complexity index is 1250. The van der Waals surface area contributed by atoms with Gasteiger partial charge in [0.25, 0.3) is 0 Å². The van der Waals surface area contributed by atoms with Gasteiger partial charge in [0.2, 0.25) is 0 Å². The van der Waals surface area contributed by atoms with E-state index in [4.69, 9.17) is 4.74 Å². The van der Waals surface area contributed by atoms with Crippen LogP contribution in [0.25, 0.3) is 21.5 Å². The van der Waals surface area contributed by atoms with Crippen LogP contribution in [0.1, 0.15) is 29.4 Å². The predicted molar refractivity (Wildman–Crippen MR) is 118 cm³/mol. The first-order valence-electron chi connectivity index (χ1n) is 9.99. The number of ketones is 1. The quantitative estimate of drug-likeness (QED) is 0.414. The fourth-order valence-electron chi connectivity index (χ4n) is 4.53. The van der Waals surface area contributed by atoms with Gasteiger partial charge in [-0.2, -0.15) is 0 Å². The Balaban J connectivity index is 1.64. The molecule has 0 saturated carbocycles. The van der Waals surface area contributed by atoms with E-state index in [9.17, 15) is 4.79 Å². The SMILES string of the molecule is COC1=CC(=O)C(c2ccc3ccccc3c2)C(c2ccc3ccccc3c2)C1. The van der Waals surface area contributed by atoms with Gasteiger partial charge in [0, 0.05) is 18.4 Å². The summed E-state index contributed by atoms with van der Waals surface area (Å²) < 4.78 is 5.50. The Morgan fingerprint density at radius 3 is 1.90 bits per heavy atom. The molecule has 0 fully saturated rings. The van der Waals surface area contributed by atoms with E-state index >= 15 is 0 Å². The highest BCUT2D eigenvalue weighted by Gasteiger charge is 2.35. The highest BCUT2D eigenvalue weighted by Crippen LogP contribution is 2.43. The molecule has 142 valence electrons. The largest absolute Gasteiger partial charge is 0.501 e. The lowest BCUT2D eigenvalue weighted by Gasteiger charge is -2.31. The van der Waals surface area contributed by atoms with Gasteiger partial charge in [-0.1, -0.05) is 84.9 Å². The number of hydrogen-bond acceptors (Lipinski definition) is 2. The third-order valence-electron chi connectivity index (χ3n) is 6.03. The Kier molecular flexibility index (Phi) is 4.40. The van der Waals surface area contributed by atoms with Crippen molar-refractivity contribution in [1.82, 2.24) is 0 Å². The number of allylic oxidation sites excluding steroid dienone is 2. The number of carbonyl (C=O) groups is 1. The number of hydrogen-bond donors (Lipinski definition) is 0. The number of fused-ring (bicyclic) bond motifs is 2. The molecule has 0 bridgehead atoms. The molecule has 2 unspecified atom stereocenters. The minimum absolute atomic E-state index is 0.0493. The highest BCUT2D eigenvalue weighted by atomic mass is 16.5. The van der Waals surface area contributed by atoms with Crippen LogP contribution >= 0.6 is 0 Å². The summed E-state index contributed by atoms with van der Waals surface area (Å²) in [5.41, 5.74) is 2.25. The van der Waals surface area contributed by atoms with E-state index in [0.717, 1.165) is 23.1 Å². The van der Waals surface area contributed by atoms with Crippen molar-refractivity contribution in [3.05, 3.63) is 108 Å². The number of ether oxygens (including phenoxy) is 1. The molecule has 2 atom stereocenters. The Hall–Kier alpha value is -3.39. The van der Waals surface area contributed by atoms with E-state index in [1.54, 1.807) is 13.2 Å². The van der Waals surface area contributed by atoms with E-state index in [1.807, 2.05) is 12.1 Å². The molecule has 0 radical (unpaired) electrons. The van der Waals surface area contributed by atoms with Gasteiger partial charge in [0.1, 0.15) is 0 Å². The number of methoxy groups -OCH3 is 1. The van der Waals surface area contributed by atoms with E-state index in [-0.39, 0.29) is 17.6 Å². The van der Waals surface area contributed by atoms with Crippen molar-refractivity contribution in [3.63, 3.8) is 0 Å². The number of rotatable bonds is 3. The van der Waals surface area contributed by atoms with Gasteiger partial charge in [-0.15, -0.1) is 0 Å². The van der Waals surface area contributed by atoms with Crippen molar-refractivity contribution in [2.45, 2.75) is 18.3 Å². The second kappa shape index (κ2) is 7.21. The summed E-state index contributed by atoms with van der Waals surface area (Å²) >= 11 is 0. The van der Waals surface area contributed by atoms with Crippen molar-refractivity contribution in [2.75, 3.05) is 7.11 Å². The molecule has 0 amide bonds. The molecule has 0 aromatic heterocycles. The highest BCUT2D eigenvalue weighted by molar-refractivity contribution is 5.98. The van der Waals surface area contributed by atoms with E-state index in [2.05, 4.69) is 72.8 Å². The molecule has 0 aliphatic heterocycles. The summed E-state index contributed by atoms with van der Waals surface area (Å²) in [6, 6.07) is 29.6. The van der Waals surface area contributed by atoms with Crippen LogP contribution in [0.15, 0.2) is 96.8 Å². The molecule has 0 heterocycles. The van der Waals surface area contributed by atoms with Gasteiger partial charge >= 0.3 is 0 Å². The van der Waals surface area contributed by atoms with Gasteiger partial charge in [0.05, 0.1) is 18.8 Å². The summed E-state index contributed by atoms with van der Waals surface area (Å²) in [6.07, 6.45) is 2.40. The maximum atomic E-state index is 13.2. The molecule has 4 aromatic carbocycles. The van der Waals surface area contributed by atoms with Crippen molar-refractivity contribution in [1.29, 1.82) is 0 Å². The fourth-order valence-corrected chi connectivity index (χ4v) is 4.53. The Morgan fingerprint density at radius 2 is 1.28 bits per heavy atom. The van der Waals surface area contributed by atoms with Crippen LogP contribution in [0.5, 0.6) is 0 Å². The molecule has 2 nitrogen and oxygen atoms in total. The Labute approximate surface area is 170 Å². The first-order chi connectivity index (χ1) is 14.2. The standard InChI is InChI=1S/C27H22O2/c1-29-24-16-25(22-12-10-18-6-2-4-8-20(18)14-22)27(26(28)17-24)23-13-11-19-7-3-5-9-21(19)15-23/h2-15,17,25,27H,16H2,1H3. The molecular formula is C27H22O2. The van der Waals surface area contributed by atoms with E-state index < -0.39 is 0 Å². The monoisotopic (exact) mass is 378 g/mol. The van der Waals surface area contributed by atoms with Crippen LogP contribution in [0, 0.1) is 0 Å². The molecule has 4 aromatic rings. The molecule has 1 aliphatic carbocycles. The van der Waals surface area contributed by atoms with Crippen molar-refractivity contribution < 1.29 is 9.53 Å². The molecule has 2 heteroatoms. The summed E-state index contributed by atoms with van der Waals surface area (Å²) in [5.74, 6) is 0.708. The molecule has 0 saturated heterocycles. The van der Waals surface area contributed by atoms with Crippen LogP contribution in [-0.2, 0) is 9.53 Å². The van der Waals surface area contributed by atoms with Crippen LogP contribution in [0.2, 0.25) is 0 Å². The summed E-state index contributed by atoms with van der Waals surface area (Å²) in [6.45, 7) is 0. The van der Waals surface area contributed by atoms with Gasteiger partial charge in [-0.05, 0) is 32.7 Å². The normalized spacial score (nSPS) is 19.3. The first kappa shape index (κ1) is 17.7. The molecule has 0 N–H and O–H groups in total. The number of benzene rings is 4. The van der Waals surface area contributed by atoms with Gasteiger partial charge in [0.15, 0.2) is 5.78 Å². The molecule has 0 spiro atoms. The Morgan fingerprint density at radius 1 is 0.724 bits per heavy atom. The minimum Gasteiger partial charge on any atom is -0.501 e. The fraction of sp³-hybridized carbons (Fsp3) is 0.148. The summed E-state index contributed by atoms with van der Waals surface area (Å²) in [7, 11) is 1.65. The predicted octanol–water partition coefficient (Wildman–Crippen LogP) is 6.36. The van der Waals surface area contributed by atoms with Crippen LogP contribution in [-0.4, -0.2) is 12.9 Å². The average Bonchev–Trinajstić information content (AvgIpc) is 2.78. The van der Waals surface area contributed by atoms with Crippen molar-refractivity contribution in [2.24, 2.45) is 0 Å².